The van der Waals surface area contributed by atoms with Crippen molar-refractivity contribution in [3.05, 3.63) is 41.6 Å². The Bertz CT molecular complexity index is 519. The van der Waals surface area contributed by atoms with Crippen molar-refractivity contribution in [2.24, 2.45) is 0 Å². The lowest BCUT2D eigenvalue weighted by Crippen LogP contribution is -2.27. The number of aliphatic hydroxyl groups is 1. The van der Waals surface area contributed by atoms with E-state index in [1.54, 1.807) is 7.11 Å². The lowest BCUT2D eigenvalue weighted by molar-refractivity contribution is -0.0000465. The first-order valence-corrected chi connectivity index (χ1v) is 6.34. The molecule has 2 unspecified atom stereocenters. The van der Waals surface area contributed by atoms with Crippen LogP contribution < -0.4 is 0 Å². The highest BCUT2D eigenvalue weighted by Crippen LogP contribution is 2.18. The molecule has 2 atom stereocenters. The Morgan fingerprint density at radius 3 is 2.89 bits per heavy atom. The predicted molar refractivity (Wildman–Crippen MR) is 73.8 cm³/mol. The van der Waals surface area contributed by atoms with Crippen molar-refractivity contribution < 1.29 is 9.84 Å². The second-order valence-corrected chi connectivity index (χ2v) is 4.75. The van der Waals surface area contributed by atoms with Gasteiger partial charge in [-0.1, -0.05) is 12.1 Å². The van der Waals surface area contributed by atoms with Crippen molar-refractivity contribution >= 4 is 0 Å². The number of benzene rings is 1. The van der Waals surface area contributed by atoms with E-state index in [9.17, 15) is 5.11 Å². The van der Waals surface area contributed by atoms with Gasteiger partial charge in [0.1, 0.15) is 0 Å². The molecule has 0 aliphatic rings. The molecule has 4 nitrogen and oxygen atoms in total. The van der Waals surface area contributed by atoms with E-state index in [0.29, 0.717) is 6.42 Å². The standard InChI is InChI=1S/C15H19N2O2/c1-10-4-6-12(7-5-10)14-8-13(16-17-14)9-15(18)11(2)19-3/h4,6-8,11,15,18H,9H2,1-3H3,(H,16,17). The molecule has 4 heteroatoms. The van der Waals surface area contributed by atoms with Crippen LogP contribution >= 0.6 is 0 Å². The van der Waals surface area contributed by atoms with E-state index in [4.69, 9.17) is 4.74 Å². The van der Waals surface area contributed by atoms with Crippen molar-refractivity contribution in [2.45, 2.75) is 32.5 Å². The van der Waals surface area contributed by atoms with Gasteiger partial charge in [-0.05, 0) is 37.6 Å². The molecule has 0 saturated carbocycles. The van der Waals surface area contributed by atoms with Gasteiger partial charge in [-0.3, -0.25) is 5.10 Å². The first kappa shape index (κ1) is 13.8. The van der Waals surface area contributed by atoms with Crippen LogP contribution in [-0.2, 0) is 11.2 Å². The van der Waals surface area contributed by atoms with E-state index in [2.05, 4.69) is 16.3 Å². The van der Waals surface area contributed by atoms with E-state index in [-0.39, 0.29) is 6.10 Å². The van der Waals surface area contributed by atoms with Crippen LogP contribution in [0.25, 0.3) is 11.3 Å². The second-order valence-electron chi connectivity index (χ2n) is 4.75. The number of hydrogen-bond acceptors (Lipinski definition) is 3. The summed E-state index contributed by atoms with van der Waals surface area (Å²) >= 11 is 0. The molecule has 2 aromatic rings. The summed E-state index contributed by atoms with van der Waals surface area (Å²) in [6.07, 6.45) is -0.236. The van der Waals surface area contributed by atoms with Crippen molar-refractivity contribution in [2.75, 3.05) is 7.11 Å². The minimum absolute atomic E-state index is 0.195. The summed E-state index contributed by atoms with van der Waals surface area (Å²) in [5.74, 6) is 0. The van der Waals surface area contributed by atoms with Crippen LogP contribution in [0, 0.1) is 13.0 Å². The van der Waals surface area contributed by atoms with E-state index < -0.39 is 6.10 Å². The van der Waals surface area contributed by atoms with E-state index in [0.717, 1.165) is 22.5 Å². The summed E-state index contributed by atoms with van der Waals surface area (Å²) in [5, 5.41) is 17.1. The normalized spacial score (nSPS) is 14.3. The monoisotopic (exact) mass is 259 g/mol. The third-order valence-electron chi connectivity index (χ3n) is 3.24. The fourth-order valence-electron chi connectivity index (χ4n) is 1.82. The number of aromatic nitrogens is 2. The van der Waals surface area contributed by atoms with Crippen LogP contribution in [0.3, 0.4) is 0 Å². The lowest BCUT2D eigenvalue weighted by atomic mass is 10.1. The van der Waals surface area contributed by atoms with Crippen molar-refractivity contribution in [3.63, 3.8) is 0 Å². The third-order valence-corrected chi connectivity index (χ3v) is 3.24. The Balaban J connectivity index is 2.09. The van der Waals surface area contributed by atoms with Gasteiger partial charge >= 0.3 is 0 Å². The van der Waals surface area contributed by atoms with Gasteiger partial charge in [0.15, 0.2) is 0 Å². The van der Waals surface area contributed by atoms with Crippen LogP contribution in [0.15, 0.2) is 24.3 Å². The van der Waals surface area contributed by atoms with Crippen molar-refractivity contribution in [1.82, 2.24) is 10.2 Å². The zero-order chi connectivity index (χ0) is 13.8. The number of hydrogen-bond donors (Lipinski definition) is 2. The van der Waals surface area contributed by atoms with Gasteiger partial charge in [-0.15, -0.1) is 0 Å². The highest BCUT2D eigenvalue weighted by molar-refractivity contribution is 5.59. The number of nitrogens with zero attached hydrogens (tertiary/aromatic N) is 1. The first-order valence-electron chi connectivity index (χ1n) is 6.34. The molecule has 0 saturated heterocycles. The quantitative estimate of drug-likeness (QED) is 0.864. The predicted octanol–water partition coefficient (Wildman–Crippen LogP) is 2.12. The van der Waals surface area contributed by atoms with Crippen LogP contribution in [0.2, 0.25) is 0 Å². The smallest absolute Gasteiger partial charge is 0.0923 e. The maximum atomic E-state index is 9.91. The lowest BCUT2D eigenvalue weighted by Gasteiger charge is -2.15. The van der Waals surface area contributed by atoms with Gasteiger partial charge in [0, 0.05) is 24.8 Å². The fourth-order valence-corrected chi connectivity index (χ4v) is 1.82. The summed E-state index contributed by atoms with van der Waals surface area (Å²) in [7, 11) is 1.59. The fraction of sp³-hybridized carbons (Fsp3) is 0.400. The Morgan fingerprint density at radius 2 is 2.26 bits per heavy atom. The molecule has 0 aliphatic carbocycles. The summed E-state index contributed by atoms with van der Waals surface area (Å²) in [6, 6.07) is 11.0. The maximum absolute atomic E-state index is 9.91. The molecule has 19 heavy (non-hydrogen) atoms. The number of aryl methyl sites for hydroxylation is 1. The van der Waals surface area contributed by atoms with Crippen molar-refractivity contribution in [1.29, 1.82) is 0 Å². The Hall–Kier alpha value is -1.65. The maximum Gasteiger partial charge on any atom is 0.0923 e. The van der Waals surface area contributed by atoms with Gasteiger partial charge in [0.2, 0.25) is 0 Å². The highest BCUT2D eigenvalue weighted by atomic mass is 16.5. The minimum atomic E-state index is -0.539. The molecule has 1 aromatic heterocycles. The number of aliphatic hydroxyl groups excluding tert-OH is 1. The number of ether oxygens (including phenoxy) is 1. The van der Waals surface area contributed by atoms with Gasteiger partial charge in [-0.2, -0.15) is 5.10 Å². The van der Waals surface area contributed by atoms with Gasteiger partial charge in [0.25, 0.3) is 0 Å². The summed E-state index contributed by atoms with van der Waals surface area (Å²) in [4.78, 5) is 0. The molecule has 1 radical (unpaired) electrons. The molecule has 2 rings (SSSR count). The number of aromatic amines is 1. The van der Waals surface area contributed by atoms with Gasteiger partial charge in [-0.25, -0.2) is 0 Å². The molecule has 2 N–H and O–H groups in total. The number of methoxy groups -OCH3 is 1. The van der Waals surface area contributed by atoms with E-state index >= 15 is 0 Å². The average molecular weight is 259 g/mol. The van der Waals surface area contributed by atoms with Crippen LogP contribution in [0.1, 0.15) is 18.2 Å². The molecule has 0 amide bonds. The molecule has 1 heterocycles. The van der Waals surface area contributed by atoms with Crippen LogP contribution in [0.4, 0.5) is 0 Å². The number of nitrogens with one attached hydrogen (secondary N) is 1. The molecule has 1 aromatic carbocycles. The number of rotatable bonds is 5. The summed E-state index contributed by atoms with van der Waals surface area (Å²) in [5.41, 5.74) is 3.88. The van der Waals surface area contributed by atoms with Crippen LogP contribution in [0.5, 0.6) is 0 Å². The SMILES string of the molecule is COC(C)C(O)Cc1cc(-c2c[c]c(C)cc2)n[nH]1. The molecule has 0 fully saturated rings. The Labute approximate surface area is 113 Å². The zero-order valence-electron chi connectivity index (χ0n) is 11.5. The Kier molecular flexibility index (Phi) is 4.35. The summed E-state index contributed by atoms with van der Waals surface area (Å²) in [6.45, 7) is 3.85. The highest BCUT2D eigenvalue weighted by Gasteiger charge is 2.15. The molecule has 0 bridgehead atoms. The summed E-state index contributed by atoms with van der Waals surface area (Å²) < 4.78 is 5.10. The zero-order valence-corrected chi connectivity index (χ0v) is 11.5. The number of H-pyrrole nitrogens is 1. The van der Waals surface area contributed by atoms with E-state index in [1.165, 1.54) is 0 Å². The van der Waals surface area contributed by atoms with E-state index in [1.807, 2.05) is 38.1 Å². The molecule has 0 aliphatic heterocycles. The first-order chi connectivity index (χ1) is 9.10. The molecule has 0 spiro atoms. The topological polar surface area (TPSA) is 58.1 Å². The van der Waals surface area contributed by atoms with Crippen molar-refractivity contribution in [3.8, 4) is 11.3 Å². The van der Waals surface area contributed by atoms with Crippen LogP contribution in [-0.4, -0.2) is 34.6 Å². The third kappa shape index (κ3) is 3.43. The van der Waals surface area contributed by atoms with Gasteiger partial charge in [0.05, 0.1) is 17.9 Å². The second kappa shape index (κ2) is 5.99. The molecular weight excluding hydrogens is 240 g/mol. The molecular formula is C15H19N2O2. The molecule has 101 valence electrons. The minimum Gasteiger partial charge on any atom is -0.390 e. The average Bonchev–Trinajstić information content (AvgIpc) is 2.87. The Morgan fingerprint density at radius 1 is 1.47 bits per heavy atom. The largest absolute Gasteiger partial charge is 0.390 e. The van der Waals surface area contributed by atoms with Gasteiger partial charge < -0.3 is 9.84 Å².